The molecule has 1 aromatic heterocycles. The summed E-state index contributed by atoms with van der Waals surface area (Å²) in [5, 5.41) is 17.2. The SMILES string of the molecule is CNc1ccc([N+](=O)[O-])c(NC2CCOC2C2CC2)n1. The van der Waals surface area contributed by atoms with Gasteiger partial charge in [-0.05, 0) is 31.2 Å². The van der Waals surface area contributed by atoms with Crippen LogP contribution in [-0.2, 0) is 4.74 Å². The first kappa shape index (κ1) is 13.1. The van der Waals surface area contributed by atoms with Crippen LogP contribution in [0.2, 0.25) is 0 Å². The van der Waals surface area contributed by atoms with Crippen molar-refractivity contribution in [3.63, 3.8) is 0 Å². The van der Waals surface area contributed by atoms with Gasteiger partial charge >= 0.3 is 5.69 Å². The van der Waals surface area contributed by atoms with Crippen molar-refractivity contribution in [2.24, 2.45) is 5.92 Å². The van der Waals surface area contributed by atoms with Gasteiger partial charge in [0.1, 0.15) is 5.82 Å². The molecule has 0 amide bonds. The highest BCUT2D eigenvalue weighted by Crippen LogP contribution is 2.40. The van der Waals surface area contributed by atoms with Crippen molar-refractivity contribution < 1.29 is 9.66 Å². The van der Waals surface area contributed by atoms with E-state index in [1.165, 1.54) is 18.9 Å². The molecule has 0 aromatic carbocycles. The van der Waals surface area contributed by atoms with Gasteiger partial charge in [-0.1, -0.05) is 0 Å². The molecule has 1 aromatic rings. The summed E-state index contributed by atoms with van der Waals surface area (Å²) in [5.74, 6) is 1.53. The summed E-state index contributed by atoms with van der Waals surface area (Å²) in [5.41, 5.74) is 0.00504. The van der Waals surface area contributed by atoms with E-state index in [1.54, 1.807) is 13.1 Å². The van der Waals surface area contributed by atoms with E-state index in [2.05, 4.69) is 15.6 Å². The molecule has 0 bridgehead atoms. The predicted octanol–water partition coefficient (Wildman–Crippen LogP) is 2.01. The van der Waals surface area contributed by atoms with Gasteiger partial charge in [0.25, 0.3) is 0 Å². The summed E-state index contributed by atoms with van der Waals surface area (Å²) in [7, 11) is 1.74. The van der Waals surface area contributed by atoms with Gasteiger partial charge in [-0.2, -0.15) is 0 Å². The normalized spacial score (nSPS) is 25.4. The first-order valence-electron chi connectivity index (χ1n) is 6.90. The number of rotatable bonds is 5. The molecular formula is C13H18N4O3. The van der Waals surface area contributed by atoms with Crippen LogP contribution in [0, 0.1) is 16.0 Å². The summed E-state index contributed by atoms with van der Waals surface area (Å²) >= 11 is 0. The third-order valence-electron chi connectivity index (χ3n) is 3.87. The van der Waals surface area contributed by atoms with Gasteiger partial charge in [-0.3, -0.25) is 10.1 Å². The van der Waals surface area contributed by atoms with Crippen molar-refractivity contribution in [2.75, 3.05) is 24.3 Å². The average Bonchev–Trinajstić information content (AvgIpc) is 3.19. The van der Waals surface area contributed by atoms with Crippen LogP contribution in [0.25, 0.3) is 0 Å². The number of aromatic nitrogens is 1. The molecule has 2 fully saturated rings. The molecule has 20 heavy (non-hydrogen) atoms. The topological polar surface area (TPSA) is 89.3 Å². The fourth-order valence-corrected chi connectivity index (χ4v) is 2.68. The van der Waals surface area contributed by atoms with Crippen molar-refractivity contribution in [3.05, 3.63) is 22.2 Å². The molecule has 2 atom stereocenters. The Kier molecular flexibility index (Phi) is 3.43. The molecular weight excluding hydrogens is 260 g/mol. The summed E-state index contributed by atoms with van der Waals surface area (Å²) in [6.07, 6.45) is 3.41. The van der Waals surface area contributed by atoms with Gasteiger partial charge in [-0.25, -0.2) is 4.98 Å². The molecule has 1 saturated heterocycles. The summed E-state index contributed by atoms with van der Waals surface area (Å²) < 4.78 is 5.74. The summed E-state index contributed by atoms with van der Waals surface area (Å²) in [4.78, 5) is 15.0. The maximum atomic E-state index is 11.1. The molecule has 2 N–H and O–H groups in total. The maximum Gasteiger partial charge on any atom is 0.311 e. The third-order valence-corrected chi connectivity index (χ3v) is 3.87. The zero-order valence-corrected chi connectivity index (χ0v) is 11.3. The number of nitrogens with zero attached hydrogens (tertiary/aromatic N) is 2. The molecule has 3 rings (SSSR count). The van der Waals surface area contributed by atoms with Crippen molar-refractivity contribution in [3.8, 4) is 0 Å². The van der Waals surface area contributed by atoms with Gasteiger partial charge in [-0.15, -0.1) is 0 Å². The molecule has 2 unspecified atom stereocenters. The van der Waals surface area contributed by atoms with E-state index in [0.29, 0.717) is 24.2 Å². The molecule has 0 spiro atoms. The van der Waals surface area contributed by atoms with Crippen LogP contribution in [0.15, 0.2) is 12.1 Å². The minimum absolute atomic E-state index is 0.00504. The molecule has 7 nitrogen and oxygen atoms in total. The average molecular weight is 278 g/mol. The zero-order valence-electron chi connectivity index (χ0n) is 11.3. The maximum absolute atomic E-state index is 11.1. The molecule has 1 aliphatic heterocycles. The molecule has 108 valence electrons. The molecule has 2 aliphatic rings. The molecule has 1 saturated carbocycles. The highest BCUT2D eigenvalue weighted by Gasteiger charge is 2.41. The van der Waals surface area contributed by atoms with Gasteiger partial charge < -0.3 is 15.4 Å². The van der Waals surface area contributed by atoms with Crippen molar-refractivity contribution in [2.45, 2.75) is 31.4 Å². The minimum atomic E-state index is -0.406. The third kappa shape index (κ3) is 2.53. The second kappa shape index (κ2) is 5.24. The molecule has 7 heteroatoms. The number of nitro groups is 1. The van der Waals surface area contributed by atoms with Crippen molar-refractivity contribution in [1.29, 1.82) is 0 Å². The van der Waals surface area contributed by atoms with Crippen LogP contribution < -0.4 is 10.6 Å². The van der Waals surface area contributed by atoms with E-state index in [-0.39, 0.29) is 17.8 Å². The fraction of sp³-hybridized carbons (Fsp3) is 0.615. The zero-order chi connectivity index (χ0) is 14.1. The van der Waals surface area contributed by atoms with E-state index in [0.717, 1.165) is 6.42 Å². The Bertz CT molecular complexity index is 518. The Morgan fingerprint density at radius 3 is 2.85 bits per heavy atom. The van der Waals surface area contributed by atoms with E-state index < -0.39 is 4.92 Å². The van der Waals surface area contributed by atoms with E-state index in [1.807, 2.05) is 0 Å². The van der Waals surface area contributed by atoms with Gasteiger partial charge in [0.2, 0.25) is 5.82 Å². The lowest BCUT2D eigenvalue weighted by Gasteiger charge is -2.20. The highest BCUT2D eigenvalue weighted by atomic mass is 16.6. The Balaban J connectivity index is 1.82. The van der Waals surface area contributed by atoms with Crippen LogP contribution in [0.3, 0.4) is 0 Å². The predicted molar refractivity (Wildman–Crippen MR) is 74.9 cm³/mol. The Hall–Kier alpha value is -1.89. The Morgan fingerprint density at radius 1 is 1.40 bits per heavy atom. The van der Waals surface area contributed by atoms with Crippen LogP contribution in [-0.4, -0.2) is 35.7 Å². The summed E-state index contributed by atoms with van der Waals surface area (Å²) in [6.45, 7) is 0.707. The Labute approximate surface area is 116 Å². The number of pyridine rings is 1. The van der Waals surface area contributed by atoms with E-state index >= 15 is 0 Å². The van der Waals surface area contributed by atoms with E-state index in [4.69, 9.17) is 4.74 Å². The van der Waals surface area contributed by atoms with Crippen molar-refractivity contribution >= 4 is 17.3 Å². The lowest BCUT2D eigenvalue weighted by Crippen LogP contribution is -2.31. The van der Waals surface area contributed by atoms with Crippen molar-refractivity contribution in [1.82, 2.24) is 4.98 Å². The number of ether oxygens (including phenoxy) is 1. The van der Waals surface area contributed by atoms with Gasteiger partial charge in [0.05, 0.1) is 17.1 Å². The first-order chi connectivity index (χ1) is 9.69. The lowest BCUT2D eigenvalue weighted by atomic mass is 10.1. The standard InChI is InChI=1S/C13H18N4O3/c1-14-11-5-4-10(17(18)19)13(16-11)15-9-6-7-20-12(9)8-2-3-8/h4-5,8-9,12H,2-3,6-7H2,1H3,(H2,14,15,16). The second-order valence-corrected chi connectivity index (χ2v) is 5.28. The molecule has 1 aliphatic carbocycles. The number of anilines is 2. The van der Waals surface area contributed by atoms with Crippen LogP contribution >= 0.6 is 0 Å². The van der Waals surface area contributed by atoms with Gasteiger partial charge in [0, 0.05) is 19.7 Å². The Morgan fingerprint density at radius 2 is 2.20 bits per heavy atom. The quantitative estimate of drug-likeness (QED) is 0.632. The number of hydrogen-bond acceptors (Lipinski definition) is 6. The fourth-order valence-electron chi connectivity index (χ4n) is 2.68. The number of hydrogen-bond donors (Lipinski definition) is 2. The molecule has 0 radical (unpaired) electrons. The first-order valence-corrected chi connectivity index (χ1v) is 6.90. The van der Waals surface area contributed by atoms with Gasteiger partial charge in [0.15, 0.2) is 0 Å². The monoisotopic (exact) mass is 278 g/mol. The lowest BCUT2D eigenvalue weighted by molar-refractivity contribution is -0.384. The van der Waals surface area contributed by atoms with Crippen LogP contribution in [0.4, 0.5) is 17.3 Å². The molecule has 2 heterocycles. The van der Waals surface area contributed by atoms with Crippen LogP contribution in [0.5, 0.6) is 0 Å². The minimum Gasteiger partial charge on any atom is -0.376 e. The summed E-state index contributed by atoms with van der Waals surface area (Å²) in [6, 6.07) is 3.19. The second-order valence-electron chi connectivity index (χ2n) is 5.28. The largest absolute Gasteiger partial charge is 0.376 e. The highest BCUT2D eigenvalue weighted by molar-refractivity contribution is 5.60. The number of nitrogens with one attached hydrogen (secondary N) is 2. The smallest absolute Gasteiger partial charge is 0.311 e. The van der Waals surface area contributed by atoms with Crippen LogP contribution in [0.1, 0.15) is 19.3 Å². The van der Waals surface area contributed by atoms with E-state index in [9.17, 15) is 10.1 Å².